The van der Waals surface area contributed by atoms with Gasteiger partial charge in [-0.15, -0.1) is 23.0 Å². The first-order valence-corrected chi connectivity index (χ1v) is 21.4. The zero-order valence-electron chi connectivity index (χ0n) is 37.2. The summed E-state index contributed by atoms with van der Waals surface area (Å²) in [5.74, 6) is 0.931. The van der Waals surface area contributed by atoms with Crippen LogP contribution in [0.3, 0.4) is 0 Å². The molecule has 0 saturated heterocycles. The van der Waals surface area contributed by atoms with Gasteiger partial charge in [-0.3, -0.25) is 6.08 Å². The van der Waals surface area contributed by atoms with E-state index in [9.17, 15) is 0 Å². The van der Waals surface area contributed by atoms with Crippen LogP contribution in [0.5, 0.6) is 0 Å². The molecule has 0 nitrogen and oxygen atoms in total. The fraction of sp³-hybridized carbons (Fsp3) is 0.473. The molecule has 9 atom stereocenters. The molecule has 2 saturated carbocycles. The van der Waals surface area contributed by atoms with E-state index in [4.69, 9.17) is 0 Å². The summed E-state index contributed by atoms with van der Waals surface area (Å²) in [6, 6.07) is 22.2. The van der Waals surface area contributed by atoms with Crippen molar-refractivity contribution in [1.82, 2.24) is 0 Å². The zero-order chi connectivity index (χ0) is 39.5. The first kappa shape index (κ1) is 46.9. The van der Waals surface area contributed by atoms with E-state index >= 15 is 0 Å². The Morgan fingerprint density at radius 1 is 0.672 bits per heavy atom. The maximum Gasteiger partial charge on any atom is 4.00 e. The fourth-order valence-corrected chi connectivity index (χ4v) is 14.2. The van der Waals surface area contributed by atoms with Gasteiger partial charge >= 0.3 is 26.2 Å². The van der Waals surface area contributed by atoms with Gasteiger partial charge in [0, 0.05) is 16.2 Å². The predicted octanol–water partition coefficient (Wildman–Crippen LogP) is 8.53. The van der Waals surface area contributed by atoms with Crippen LogP contribution in [0.15, 0.2) is 150 Å². The van der Waals surface area contributed by atoms with Crippen LogP contribution in [0.1, 0.15) is 113 Å². The molecule has 2 aromatic rings. The average Bonchev–Trinajstić information content (AvgIpc) is 3.78. The number of halogens is 2. The number of hydrogen-bond donors (Lipinski definition) is 0. The molecule has 9 unspecified atom stereocenters. The van der Waals surface area contributed by atoms with Crippen molar-refractivity contribution in [2.24, 2.45) is 55.2 Å². The molecule has 304 valence electrons. The van der Waals surface area contributed by atoms with Gasteiger partial charge in [0.05, 0.1) is 0 Å². The Hall–Kier alpha value is -2.18. The molecule has 0 aliphatic heterocycles. The smallest absolute Gasteiger partial charge is 1.00 e. The van der Waals surface area contributed by atoms with Crippen LogP contribution in [0.25, 0.3) is 0 Å². The second kappa shape index (κ2) is 15.3. The maximum absolute atomic E-state index is 3.95. The van der Waals surface area contributed by atoms with Gasteiger partial charge in [-0.2, -0.15) is 5.57 Å². The van der Waals surface area contributed by atoms with E-state index in [1.54, 1.807) is 11.1 Å². The van der Waals surface area contributed by atoms with Crippen molar-refractivity contribution in [3.05, 3.63) is 173 Å². The summed E-state index contributed by atoms with van der Waals surface area (Å²) >= 11 is 0. The summed E-state index contributed by atoms with van der Waals surface area (Å²) in [5, 5.41) is 0. The Kier molecular flexibility index (Phi) is 12.4. The quantitative estimate of drug-likeness (QED) is 0.265. The molecule has 0 spiro atoms. The van der Waals surface area contributed by atoms with Crippen molar-refractivity contribution in [3.8, 4) is 0 Å². The molecule has 2 aromatic carbocycles. The van der Waals surface area contributed by atoms with Gasteiger partial charge in [-0.05, 0) is 39.7 Å². The molecule has 2 fully saturated rings. The van der Waals surface area contributed by atoms with Gasteiger partial charge in [-0.25, -0.2) is 5.57 Å². The van der Waals surface area contributed by atoms with Crippen LogP contribution in [-0.2, 0) is 31.6 Å². The molecule has 10 rings (SSSR count). The van der Waals surface area contributed by atoms with Crippen molar-refractivity contribution >= 4 is 0 Å². The van der Waals surface area contributed by atoms with Gasteiger partial charge < -0.3 is 31.2 Å². The van der Waals surface area contributed by atoms with Crippen molar-refractivity contribution in [2.45, 2.75) is 108 Å². The minimum Gasteiger partial charge on any atom is -1.00 e. The molecule has 2 bridgehead atoms. The Bertz CT molecular complexity index is 2100. The Balaban J connectivity index is 0.000000211. The van der Waals surface area contributed by atoms with Gasteiger partial charge in [-0.1, -0.05) is 234 Å². The summed E-state index contributed by atoms with van der Waals surface area (Å²) < 4.78 is 0. The number of rotatable bonds is 5. The van der Waals surface area contributed by atoms with Gasteiger partial charge in [0.25, 0.3) is 0 Å². The topological polar surface area (TPSA) is 0 Å². The van der Waals surface area contributed by atoms with Crippen LogP contribution in [0, 0.1) is 67.7 Å². The van der Waals surface area contributed by atoms with Gasteiger partial charge in [0.2, 0.25) is 0 Å². The molecule has 0 heterocycles. The molecule has 0 N–H and O–H groups in total. The number of benzene rings is 2. The molecule has 0 radical (unpaired) electrons. The molecule has 8 aliphatic rings. The summed E-state index contributed by atoms with van der Waals surface area (Å²) in [6.07, 6.45) is 36.9. The summed E-state index contributed by atoms with van der Waals surface area (Å²) in [4.78, 5) is 0. The van der Waals surface area contributed by atoms with Crippen molar-refractivity contribution in [1.29, 1.82) is 0 Å². The molecule has 8 aliphatic carbocycles. The standard InChI is InChI=1S/C29H37.C26H29.2ClH.Zr/c1-21-14-13-15-22-20-27(6)25(4)18-10-9-16-23(25,2)24(3)17-11-12-19-26(24,5)29(27,8)28(21,22)7;1-5-6-13-19-18-22-24(25(2,3)4)23(19)26(22,20-14-9-7-10-15-20)21-16-11-8-12-17-21;;;/h9-20,22H,1-8H3;7-12,14-17,19H,5-6,13H2,1-4H3;2*1H;/q2*-1;;;+4/p-2. The van der Waals surface area contributed by atoms with Crippen LogP contribution in [0.2, 0.25) is 0 Å². The van der Waals surface area contributed by atoms with E-state index in [0.717, 1.165) is 0 Å². The third kappa shape index (κ3) is 5.33. The van der Waals surface area contributed by atoms with Crippen molar-refractivity contribution in [2.75, 3.05) is 0 Å². The van der Waals surface area contributed by atoms with Crippen molar-refractivity contribution in [3.63, 3.8) is 0 Å². The van der Waals surface area contributed by atoms with E-state index in [2.05, 4.69) is 223 Å². The van der Waals surface area contributed by atoms with E-state index < -0.39 is 0 Å². The van der Waals surface area contributed by atoms with Gasteiger partial charge in [0.15, 0.2) is 0 Å². The molecular weight excluding hydrogens is 823 g/mol. The predicted molar refractivity (Wildman–Crippen MR) is 234 cm³/mol. The maximum atomic E-state index is 3.95. The van der Waals surface area contributed by atoms with E-state index in [-0.39, 0.29) is 99.8 Å². The van der Waals surface area contributed by atoms with Crippen LogP contribution in [-0.4, -0.2) is 0 Å². The van der Waals surface area contributed by atoms with E-state index in [0.29, 0.717) is 11.8 Å². The number of hydrogen-bond acceptors (Lipinski definition) is 0. The van der Waals surface area contributed by atoms with Crippen LogP contribution in [0.4, 0.5) is 0 Å². The minimum atomic E-state index is -0.0798. The number of allylic oxidation sites excluding steroid dienone is 16. The second-order valence-corrected chi connectivity index (χ2v) is 20.4. The molecule has 0 amide bonds. The van der Waals surface area contributed by atoms with E-state index in [1.165, 1.54) is 41.5 Å². The summed E-state index contributed by atoms with van der Waals surface area (Å²) in [7, 11) is 0. The zero-order valence-corrected chi connectivity index (χ0v) is 41.2. The van der Waals surface area contributed by atoms with Crippen LogP contribution >= 0.6 is 0 Å². The first-order chi connectivity index (χ1) is 25.9. The van der Waals surface area contributed by atoms with E-state index in [1.807, 2.05) is 0 Å². The van der Waals surface area contributed by atoms with Crippen molar-refractivity contribution < 1.29 is 51.0 Å². The average molecular weight is 889 g/mol. The Morgan fingerprint density at radius 3 is 1.66 bits per heavy atom. The third-order valence-electron chi connectivity index (χ3n) is 18.0. The minimum absolute atomic E-state index is 0. The fourth-order valence-electron chi connectivity index (χ4n) is 14.2. The normalized spacial score (nSPS) is 38.8. The van der Waals surface area contributed by atoms with Crippen LogP contribution < -0.4 is 24.8 Å². The SMILES string of the molecule is CC1=CC=CC2[CH-]C3(C)C4(C)C=CC=CC4(C)C4(C)C=CC=CC4(C)C3(C)C12C.CCCCC1[C-]=C2C(C(C)(C)C)=C1C2(c1ccccc1)c1ccccc1.[Cl-].[Cl-].[Zr+4]. The Labute approximate surface area is 384 Å². The molecular formula is C55H66Cl2Zr. The Morgan fingerprint density at radius 2 is 1.16 bits per heavy atom. The number of unbranched alkanes of at least 4 members (excludes halogenated alkanes) is 1. The third-order valence-corrected chi connectivity index (χ3v) is 18.0. The monoisotopic (exact) mass is 886 g/mol. The number of fused-ring (bicyclic) bond motifs is 9. The molecule has 3 heteroatoms. The first-order valence-electron chi connectivity index (χ1n) is 21.4. The molecule has 0 aromatic heterocycles. The summed E-state index contributed by atoms with van der Waals surface area (Å²) in [5.41, 5.74) is 9.24. The largest absolute Gasteiger partial charge is 4.00 e. The molecule has 58 heavy (non-hydrogen) atoms. The summed E-state index contributed by atoms with van der Waals surface area (Å²) in [6.45, 7) is 29.6. The second-order valence-electron chi connectivity index (χ2n) is 20.4. The van der Waals surface area contributed by atoms with Gasteiger partial charge in [0.1, 0.15) is 0 Å².